The first-order chi connectivity index (χ1) is 9.47. The van der Waals surface area contributed by atoms with Crippen molar-refractivity contribution in [2.45, 2.75) is 13.5 Å². The molecule has 2 aromatic rings. The third-order valence-electron chi connectivity index (χ3n) is 3.10. The largest absolute Gasteiger partial charge is 0.398 e. The number of anilines is 1. The van der Waals surface area contributed by atoms with E-state index < -0.39 is 5.82 Å². The number of carbonyl (C=O) groups is 1. The van der Waals surface area contributed by atoms with Gasteiger partial charge in [0.15, 0.2) is 0 Å². The monoisotopic (exact) mass is 272 g/mol. The van der Waals surface area contributed by atoms with Crippen LogP contribution >= 0.6 is 0 Å². The Morgan fingerprint density at radius 2 is 1.95 bits per heavy atom. The lowest BCUT2D eigenvalue weighted by molar-refractivity contribution is 0.0785. The standard InChI is InChI=1S/C16H17FN2O/c1-11-7-13(9-14(17)8-11)16(20)19(2)10-12-5-3-4-6-15(12)18/h3-9H,10,18H2,1-2H3. The summed E-state index contributed by atoms with van der Waals surface area (Å²) < 4.78 is 13.4. The number of hydrogen-bond acceptors (Lipinski definition) is 2. The minimum atomic E-state index is -0.402. The molecular weight excluding hydrogens is 255 g/mol. The Kier molecular flexibility index (Phi) is 4.03. The van der Waals surface area contributed by atoms with Crippen molar-refractivity contribution in [3.8, 4) is 0 Å². The molecule has 0 aromatic heterocycles. The van der Waals surface area contributed by atoms with Crippen molar-refractivity contribution in [2.24, 2.45) is 0 Å². The summed E-state index contributed by atoms with van der Waals surface area (Å²) in [6.07, 6.45) is 0. The van der Waals surface area contributed by atoms with E-state index in [4.69, 9.17) is 5.73 Å². The zero-order valence-corrected chi connectivity index (χ0v) is 11.6. The summed E-state index contributed by atoms with van der Waals surface area (Å²) >= 11 is 0. The van der Waals surface area contributed by atoms with Gasteiger partial charge < -0.3 is 10.6 Å². The predicted molar refractivity (Wildman–Crippen MR) is 77.8 cm³/mol. The van der Waals surface area contributed by atoms with E-state index in [1.54, 1.807) is 26.1 Å². The molecule has 0 spiro atoms. The zero-order valence-electron chi connectivity index (χ0n) is 11.6. The molecule has 0 heterocycles. The molecule has 4 heteroatoms. The number of nitrogens with zero attached hydrogens (tertiary/aromatic N) is 1. The van der Waals surface area contributed by atoms with E-state index in [9.17, 15) is 9.18 Å². The highest BCUT2D eigenvalue weighted by molar-refractivity contribution is 5.94. The van der Waals surface area contributed by atoms with Crippen LogP contribution in [-0.4, -0.2) is 17.9 Å². The number of halogens is 1. The predicted octanol–water partition coefficient (Wildman–Crippen LogP) is 2.99. The SMILES string of the molecule is Cc1cc(F)cc(C(=O)N(C)Cc2ccccc2N)c1. The molecule has 0 aliphatic rings. The maximum absolute atomic E-state index is 13.4. The second-order valence-corrected chi connectivity index (χ2v) is 4.88. The van der Waals surface area contributed by atoms with E-state index in [-0.39, 0.29) is 5.91 Å². The first kappa shape index (κ1) is 14.1. The molecule has 0 radical (unpaired) electrons. The van der Waals surface area contributed by atoms with E-state index in [1.807, 2.05) is 18.2 Å². The molecule has 0 fully saturated rings. The average Bonchev–Trinajstić information content (AvgIpc) is 2.39. The van der Waals surface area contributed by atoms with Crippen LogP contribution in [0, 0.1) is 12.7 Å². The van der Waals surface area contributed by atoms with Crippen LogP contribution in [0.15, 0.2) is 42.5 Å². The molecule has 0 saturated carbocycles. The lowest BCUT2D eigenvalue weighted by Gasteiger charge is -2.18. The van der Waals surface area contributed by atoms with Crippen LogP contribution in [0.4, 0.5) is 10.1 Å². The Bertz CT molecular complexity index is 620. The fraction of sp³-hybridized carbons (Fsp3) is 0.188. The number of nitrogens with two attached hydrogens (primary N) is 1. The van der Waals surface area contributed by atoms with Crippen LogP contribution in [0.1, 0.15) is 21.5 Å². The third kappa shape index (κ3) is 3.15. The molecule has 2 N–H and O–H groups in total. The fourth-order valence-corrected chi connectivity index (χ4v) is 2.09. The molecule has 0 aliphatic heterocycles. The van der Waals surface area contributed by atoms with Crippen molar-refractivity contribution in [2.75, 3.05) is 12.8 Å². The van der Waals surface area contributed by atoms with Gasteiger partial charge in [-0.3, -0.25) is 4.79 Å². The molecule has 104 valence electrons. The van der Waals surface area contributed by atoms with Crippen LogP contribution in [0.5, 0.6) is 0 Å². The first-order valence-electron chi connectivity index (χ1n) is 6.33. The number of rotatable bonds is 3. The minimum absolute atomic E-state index is 0.226. The molecule has 0 bridgehead atoms. The van der Waals surface area contributed by atoms with Gasteiger partial charge in [0, 0.05) is 24.8 Å². The van der Waals surface area contributed by atoms with Crippen LogP contribution < -0.4 is 5.73 Å². The average molecular weight is 272 g/mol. The van der Waals surface area contributed by atoms with Crippen molar-refractivity contribution in [1.29, 1.82) is 0 Å². The molecule has 20 heavy (non-hydrogen) atoms. The summed E-state index contributed by atoms with van der Waals surface area (Å²) in [5, 5.41) is 0. The number of benzene rings is 2. The quantitative estimate of drug-likeness (QED) is 0.873. The van der Waals surface area contributed by atoms with Gasteiger partial charge in [-0.2, -0.15) is 0 Å². The molecule has 0 atom stereocenters. The van der Waals surface area contributed by atoms with Crippen LogP contribution in [0.25, 0.3) is 0 Å². The van der Waals surface area contributed by atoms with E-state index in [1.165, 1.54) is 17.0 Å². The minimum Gasteiger partial charge on any atom is -0.398 e. The number of hydrogen-bond donors (Lipinski definition) is 1. The number of nitrogen functional groups attached to an aromatic ring is 1. The van der Waals surface area contributed by atoms with Gasteiger partial charge in [0.25, 0.3) is 5.91 Å². The summed E-state index contributed by atoms with van der Waals surface area (Å²) in [6.45, 7) is 2.15. The molecule has 0 saturated heterocycles. The Morgan fingerprint density at radius 3 is 2.60 bits per heavy atom. The fourth-order valence-electron chi connectivity index (χ4n) is 2.09. The molecule has 1 amide bonds. The van der Waals surface area contributed by atoms with Crippen molar-refractivity contribution >= 4 is 11.6 Å². The summed E-state index contributed by atoms with van der Waals surface area (Å²) in [5.41, 5.74) is 8.44. The van der Waals surface area contributed by atoms with Crippen LogP contribution in [0.3, 0.4) is 0 Å². The summed E-state index contributed by atoms with van der Waals surface area (Å²) in [7, 11) is 1.68. The van der Waals surface area contributed by atoms with E-state index >= 15 is 0 Å². The molecule has 2 rings (SSSR count). The van der Waals surface area contributed by atoms with Gasteiger partial charge in [-0.15, -0.1) is 0 Å². The zero-order chi connectivity index (χ0) is 14.7. The highest BCUT2D eigenvalue weighted by atomic mass is 19.1. The maximum Gasteiger partial charge on any atom is 0.254 e. The van der Waals surface area contributed by atoms with E-state index in [0.29, 0.717) is 17.8 Å². The van der Waals surface area contributed by atoms with E-state index in [0.717, 1.165) is 11.1 Å². The Labute approximate surface area is 117 Å². The summed E-state index contributed by atoms with van der Waals surface area (Å²) in [6, 6.07) is 11.7. The van der Waals surface area contributed by atoms with Crippen molar-refractivity contribution in [3.63, 3.8) is 0 Å². The highest BCUT2D eigenvalue weighted by Gasteiger charge is 2.14. The Hall–Kier alpha value is -2.36. The number of amides is 1. The summed E-state index contributed by atoms with van der Waals surface area (Å²) in [5.74, 6) is -0.628. The maximum atomic E-state index is 13.4. The summed E-state index contributed by atoms with van der Waals surface area (Å²) in [4.78, 5) is 13.8. The van der Waals surface area contributed by atoms with Gasteiger partial charge in [-0.1, -0.05) is 18.2 Å². The van der Waals surface area contributed by atoms with Gasteiger partial charge in [0.05, 0.1) is 0 Å². The van der Waals surface area contributed by atoms with Crippen molar-refractivity contribution in [3.05, 3.63) is 65.0 Å². The van der Waals surface area contributed by atoms with Gasteiger partial charge in [-0.05, 0) is 42.3 Å². The lowest BCUT2D eigenvalue weighted by atomic mass is 10.1. The molecule has 3 nitrogen and oxygen atoms in total. The van der Waals surface area contributed by atoms with Gasteiger partial charge in [0.2, 0.25) is 0 Å². The van der Waals surface area contributed by atoms with Crippen molar-refractivity contribution in [1.82, 2.24) is 4.90 Å². The smallest absolute Gasteiger partial charge is 0.254 e. The Balaban J connectivity index is 2.18. The second kappa shape index (κ2) is 5.74. The highest BCUT2D eigenvalue weighted by Crippen LogP contribution is 2.15. The molecular formula is C16H17FN2O. The number of para-hydroxylation sites is 1. The number of carbonyl (C=O) groups excluding carboxylic acids is 1. The molecule has 0 aliphatic carbocycles. The molecule has 0 unspecified atom stereocenters. The topological polar surface area (TPSA) is 46.3 Å². The van der Waals surface area contributed by atoms with Crippen molar-refractivity contribution < 1.29 is 9.18 Å². The van der Waals surface area contributed by atoms with Crippen LogP contribution in [-0.2, 0) is 6.54 Å². The third-order valence-corrected chi connectivity index (χ3v) is 3.10. The lowest BCUT2D eigenvalue weighted by Crippen LogP contribution is -2.26. The molecule has 2 aromatic carbocycles. The van der Waals surface area contributed by atoms with Gasteiger partial charge >= 0.3 is 0 Å². The Morgan fingerprint density at radius 1 is 1.25 bits per heavy atom. The number of aryl methyl sites for hydroxylation is 1. The van der Waals surface area contributed by atoms with Gasteiger partial charge in [0.1, 0.15) is 5.82 Å². The van der Waals surface area contributed by atoms with E-state index in [2.05, 4.69) is 0 Å². The second-order valence-electron chi connectivity index (χ2n) is 4.88. The normalized spacial score (nSPS) is 10.3. The van der Waals surface area contributed by atoms with Gasteiger partial charge in [-0.25, -0.2) is 4.39 Å². The van der Waals surface area contributed by atoms with Crippen LogP contribution in [0.2, 0.25) is 0 Å². The first-order valence-corrected chi connectivity index (χ1v) is 6.33.